The van der Waals surface area contributed by atoms with Gasteiger partial charge in [0, 0.05) is 38.2 Å². The Bertz CT molecular complexity index is 773. The first kappa shape index (κ1) is 14.9. The van der Waals surface area contributed by atoms with Crippen molar-refractivity contribution in [3.8, 4) is 0 Å². The molecule has 0 unspecified atom stereocenters. The van der Waals surface area contributed by atoms with Crippen LogP contribution in [0.4, 0.5) is 0 Å². The van der Waals surface area contributed by atoms with E-state index in [-0.39, 0.29) is 0 Å². The van der Waals surface area contributed by atoms with E-state index >= 15 is 0 Å². The first-order valence-corrected chi connectivity index (χ1v) is 8.29. The molecule has 0 aliphatic carbocycles. The van der Waals surface area contributed by atoms with E-state index in [0.717, 1.165) is 23.2 Å². The molecule has 0 aliphatic heterocycles. The highest BCUT2D eigenvalue weighted by Gasteiger charge is 2.11. The normalized spacial score (nSPS) is 11.0. The first-order valence-electron chi connectivity index (χ1n) is 7.30. The monoisotopic (exact) mass is 312 g/mol. The molecule has 114 valence electrons. The molecule has 0 saturated carbocycles. The van der Waals surface area contributed by atoms with Crippen LogP contribution < -0.4 is 0 Å². The zero-order chi connectivity index (χ0) is 15.5. The minimum Gasteiger partial charge on any atom is -0.354 e. The number of aromatic nitrogens is 4. The topological polar surface area (TPSA) is 35.6 Å². The molecule has 3 aromatic rings. The van der Waals surface area contributed by atoms with Crippen molar-refractivity contribution >= 4 is 11.8 Å². The molecule has 3 rings (SSSR count). The summed E-state index contributed by atoms with van der Waals surface area (Å²) in [4.78, 5) is 0. The van der Waals surface area contributed by atoms with Gasteiger partial charge in [-0.1, -0.05) is 41.6 Å². The molecule has 22 heavy (non-hydrogen) atoms. The zero-order valence-electron chi connectivity index (χ0n) is 13.2. The van der Waals surface area contributed by atoms with Gasteiger partial charge in [-0.2, -0.15) is 0 Å². The molecule has 0 spiro atoms. The smallest absolute Gasteiger partial charge is 0.191 e. The average Bonchev–Trinajstić information content (AvgIpc) is 3.05. The highest BCUT2D eigenvalue weighted by atomic mass is 32.2. The fourth-order valence-corrected chi connectivity index (χ4v) is 3.29. The molecule has 1 aromatic carbocycles. The summed E-state index contributed by atoms with van der Waals surface area (Å²) < 4.78 is 4.21. The lowest BCUT2D eigenvalue weighted by molar-refractivity contribution is 0.731. The minimum atomic E-state index is 0.804. The van der Waals surface area contributed by atoms with Crippen molar-refractivity contribution in [1.82, 2.24) is 19.3 Å². The molecule has 0 amide bonds. The summed E-state index contributed by atoms with van der Waals surface area (Å²) in [5, 5.41) is 9.63. The molecule has 0 N–H and O–H groups in total. The molecule has 0 radical (unpaired) electrons. The summed E-state index contributed by atoms with van der Waals surface area (Å²) in [6.45, 7) is 2.12. The van der Waals surface area contributed by atoms with Gasteiger partial charge in [-0.25, -0.2) is 0 Å². The number of benzene rings is 1. The summed E-state index contributed by atoms with van der Waals surface area (Å²) in [5.74, 6) is 1.91. The van der Waals surface area contributed by atoms with Crippen LogP contribution in [0.15, 0.2) is 47.8 Å². The van der Waals surface area contributed by atoms with Gasteiger partial charge < -0.3 is 9.13 Å². The molecule has 0 saturated heterocycles. The van der Waals surface area contributed by atoms with Crippen LogP contribution >= 0.6 is 11.8 Å². The lowest BCUT2D eigenvalue weighted by Crippen LogP contribution is -2.03. The molecule has 0 fully saturated rings. The van der Waals surface area contributed by atoms with Crippen molar-refractivity contribution in [1.29, 1.82) is 0 Å². The molecule has 0 aliphatic rings. The van der Waals surface area contributed by atoms with Crippen LogP contribution in [0.3, 0.4) is 0 Å². The van der Waals surface area contributed by atoms with Gasteiger partial charge >= 0.3 is 0 Å². The maximum absolute atomic E-state index is 4.34. The Hall–Kier alpha value is -2.01. The fraction of sp³-hybridized carbons (Fsp3) is 0.294. The standard InChI is InChI=1S/C17H20N4S/c1-13-6-4-7-14(10-13)12-22-17-19-18-16(21(17)3)11-15-8-5-9-20(15)2/h4-10H,11-12H2,1-3H3. The number of aryl methyl sites for hydroxylation is 2. The third-order valence-corrected chi connectivity index (χ3v) is 4.86. The number of hydrogen-bond acceptors (Lipinski definition) is 3. The molecule has 5 heteroatoms. The third-order valence-electron chi connectivity index (χ3n) is 3.77. The quantitative estimate of drug-likeness (QED) is 0.678. The maximum atomic E-state index is 4.34. The summed E-state index contributed by atoms with van der Waals surface area (Å²) in [5.41, 5.74) is 3.85. The minimum absolute atomic E-state index is 0.804. The Morgan fingerprint density at radius 2 is 1.95 bits per heavy atom. The van der Waals surface area contributed by atoms with Gasteiger partial charge in [0.05, 0.1) is 0 Å². The highest BCUT2D eigenvalue weighted by molar-refractivity contribution is 7.98. The van der Waals surface area contributed by atoms with Crippen molar-refractivity contribution in [3.63, 3.8) is 0 Å². The van der Waals surface area contributed by atoms with Crippen LogP contribution in [-0.4, -0.2) is 19.3 Å². The highest BCUT2D eigenvalue weighted by Crippen LogP contribution is 2.22. The van der Waals surface area contributed by atoms with Gasteiger partial charge in [0.1, 0.15) is 5.82 Å². The lowest BCUT2D eigenvalue weighted by Gasteiger charge is -2.05. The summed E-state index contributed by atoms with van der Waals surface area (Å²) in [6, 6.07) is 12.8. The van der Waals surface area contributed by atoms with Gasteiger partial charge in [0.25, 0.3) is 0 Å². The fourth-order valence-electron chi connectivity index (χ4n) is 2.42. The number of hydrogen-bond donors (Lipinski definition) is 0. The molecule has 0 atom stereocenters. The lowest BCUT2D eigenvalue weighted by atomic mass is 10.2. The van der Waals surface area contributed by atoms with E-state index in [1.807, 2.05) is 7.05 Å². The largest absolute Gasteiger partial charge is 0.354 e. The number of nitrogens with zero attached hydrogens (tertiary/aromatic N) is 4. The van der Waals surface area contributed by atoms with E-state index in [4.69, 9.17) is 0 Å². The van der Waals surface area contributed by atoms with Gasteiger partial charge in [-0.15, -0.1) is 10.2 Å². The van der Waals surface area contributed by atoms with Crippen LogP contribution in [0.1, 0.15) is 22.6 Å². The second-order valence-corrected chi connectivity index (χ2v) is 6.47. The maximum Gasteiger partial charge on any atom is 0.191 e. The Balaban J connectivity index is 1.69. The first-order chi connectivity index (χ1) is 10.6. The van der Waals surface area contributed by atoms with Gasteiger partial charge in [-0.05, 0) is 24.6 Å². The Morgan fingerprint density at radius 3 is 2.68 bits per heavy atom. The van der Waals surface area contributed by atoms with E-state index < -0.39 is 0 Å². The van der Waals surface area contributed by atoms with Crippen LogP contribution in [0.5, 0.6) is 0 Å². The Morgan fingerprint density at radius 1 is 1.09 bits per heavy atom. The number of rotatable bonds is 5. The molecular formula is C17H20N4S. The van der Waals surface area contributed by atoms with Crippen LogP contribution in [0, 0.1) is 6.92 Å². The zero-order valence-corrected chi connectivity index (χ0v) is 14.0. The summed E-state index contributed by atoms with van der Waals surface area (Å²) in [6.07, 6.45) is 2.86. The molecule has 2 aromatic heterocycles. The van der Waals surface area contributed by atoms with Crippen LogP contribution in [0.25, 0.3) is 0 Å². The van der Waals surface area contributed by atoms with E-state index in [1.54, 1.807) is 11.8 Å². The van der Waals surface area contributed by atoms with Gasteiger partial charge in [-0.3, -0.25) is 0 Å². The van der Waals surface area contributed by atoms with E-state index in [1.165, 1.54) is 16.8 Å². The van der Waals surface area contributed by atoms with Crippen molar-refractivity contribution in [2.75, 3.05) is 0 Å². The van der Waals surface area contributed by atoms with E-state index in [2.05, 4.69) is 75.9 Å². The Labute approximate surface area is 135 Å². The average molecular weight is 312 g/mol. The van der Waals surface area contributed by atoms with E-state index in [0.29, 0.717) is 0 Å². The number of thioether (sulfide) groups is 1. The van der Waals surface area contributed by atoms with Crippen LogP contribution in [0.2, 0.25) is 0 Å². The molecule has 2 heterocycles. The predicted molar refractivity (Wildman–Crippen MR) is 90.0 cm³/mol. The second kappa shape index (κ2) is 6.40. The third kappa shape index (κ3) is 3.25. The van der Waals surface area contributed by atoms with Crippen molar-refractivity contribution in [2.24, 2.45) is 14.1 Å². The van der Waals surface area contributed by atoms with E-state index in [9.17, 15) is 0 Å². The molecule has 4 nitrogen and oxygen atoms in total. The summed E-state index contributed by atoms with van der Waals surface area (Å²) in [7, 11) is 4.09. The van der Waals surface area contributed by atoms with Crippen LogP contribution in [-0.2, 0) is 26.3 Å². The Kier molecular flexibility index (Phi) is 4.34. The SMILES string of the molecule is Cc1cccc(CSc2nnc(Cc3cccn3C)n2C)c1. The summed E-state index contributed by atoms with van der Waals surface area (Å²) >= 11 is 1.73. The van der Waals surface area contributed by atoms with Gasteiger partial charge in [0.15, 0.2) is 5.16 Å². The van der Waals surface area contributed by atoms with Crippen molar-refractivity contribution < 1.29 is 0 Å². The molecular weight excluding hydrogens is 292 g/mol. The van der Waals surface area contributed by atoms with Crippen molar-refractivity contribution in [2.45, 2.75) is 24.3 Å². The predicted octanol–water partition coefficient (Wildman–Crippen LogP) is 3.35. The van der Waals surface area contributed by atoms with Gasteiger partial charge in [0.2, 0.25) is 0 Å². The second-order valence-electron chi connectivity index (χ2n) is 5.52. The molecule has 0 bridgehead atoms. The van der Waals surface area contributed by atoms with Crippen molar-refractivity contribution in [3.05, 3.63) is 65.2 Å².